The molecule has 2 saturated heterocycles. The van der Waals surface area contributed by atoms with Gasteiger partial charge in [0.25, 0.3) is 0 Å². The van der Waals surface area contributed by atoms with Crippen molar-refractivity contribution in [3.8, 4) is 0 Å². The van der Waals surface area contributed by atoms with E-state index < -0.39 is 18.3 Å². The van der Waals surface area contributed by atoms with E-state index in [-0.39, 0.29) is 18.5 Å². The number of hydrogen-bond donors (Lipinski definition) is 2. The van der Waals surface area contributed by atoms with Crippen molar-refractivity contribution in [3.05, 3.63) is 0 Å². The molecule has 6 atom stereocenters. The Morgan fingerprint density at radius 2 is 1.88 bits per heavy atom. The molecular formula is C12H22O5. The Morgan fingerprint density at radius 3 is 2.53 bits per heavy atom. The maximum atomic E-state index is 10.0. The highest BCUT2D eigenvalue weighted by atomic mass is 16.7. The van der Waals surface area contributed by atoms with Crippen molar-refractivity contribution in [2.24, 2.45) is 0 Å². The topological polar surface area (TPSA) is 68.2 Å². The van der Waals surface area contributed by atoms with Crippen molar-refractivity contribution in [1.82, 2.24) is 0 Å². The zero-order valence-electron chi connectivity index (χ0n) is 10.4. The van der Waals surface area contributed by atoms with Crippen molar-refractivity contribution in [2.45, 2.75) is 69.9 Å². The summed E-state index contributed by atoms with van der Waals surface area (Å²) in [4.78, 5) is 0. The average Bonchev–Trinajstić information content (AvgIpc) is 2.34. The zero-order valence-corrected chi connectivity index (χ0v) is 10.4. The molecule has 0 aromatic carbocycles. The fraction of sp³-hybridized carbons (Fsp3) is 1.00. The van der Waals surface area contributed by atoms with E-state index in [1.54, 1.807) is 0 Å². The van der Waals surface area contributed by atoms with Gasteiger partial charge in [0.15, 0.2) is 6.29 Å². The molecule has 100 valence electrons. The van der Waals surface area contributed by atoms with Crippen LogP contribution in [0.2, 0.25) is 0 Å². The molecule has 0 saturated carbocycles. The minimum absolute atomic E-state index is 0.272. The summed E-state index contributed by atoms with van der Waals surface area (Å²) in [6, 6.07) is 0. The summed E-state index contributed by atoms with van der Waals surface area (Å²) in [7, 11) is 0. The van der Waals surface area contributed by atoms with Gasteiger partial charge in [-0.2, -0.15) is 0 Å². The number of fused-ring (bicyclic) bond motifs is 1. The summed E-state index contributed by atoms with van der Waals surface area (Å²) in [5, 5.41) is 19.9. The van der Waals surface area contributed by atoms with Crippen LogP contribution in [0.25, 0.3) is 0 Å². The lowest BCUT2D eigenvalue weighted by molar-refractivity contribution is -0.325. The van der Waals surface area contributed by atoms with Gasteiger partial charge in [-0.15, -0.1) is 0 Å². The van der Waals surface area contributed by atoms with Crippen LogP contribution in [-0.4, -0.2) is 53.6 Å². The second kappa shape index (κ2) is 5.63. The molecule has 5 nitrogen and oxygen atoms in total. The highest BCUT2D eigenvalue weighted by molar-refractivity contribution is 4.94. The molecule has 0 aromatic heterocycles. The minimum atomic E-state index is -0.887. The van der Waals surface area contributed by atoms with E-state index in [4.69, 9.17) is 14.2 Å². The van der Waals surface area contributed by atoms with Crippen molar-refractivity contribution in [2.75, 3.05) is 6.61 Å². The van der Waals surface area contributed by atoms with E-state index >= 15 is 0 Å². The van der Waals surface area contributed by atoms with Gasteiger partial charge in [0, 0.05) is 0 Å². The summed E-state index contributed by atoms with van der Waals surface area (Å²) >= 11 is 0. The Balaban J connectivity index is 2.00. The van der Waals surface area contributed by atoms with Gasteiger partial charge >= 0.3 is 0 Å². The van der Waals surface area contributed by atoms with Crippen LogP contribution in [0.1, 0.15) is 33.1 Å². The molecule has 0 spiro atoms. The maximum absolute atomic E-state index is 10.0. The molecule has 0 bridgehead atoms. The maximum Gasteiger partial charge on any atom is 0.158 e. The molecule has 0 amide bonds. The van der Waals surface area contributed by atoms with Crippen LogP contribution in [0.5, 0.6) is 0 Å². The van der Waals surface area contributed by atoms with E-state index in [1.165, 1.54) is 0 Å². The summed E-state index contributed by atoms with van der Waals surface area (Å²) < 4.78 is 16.9. The third-order valence-electron chi connectivity index (χ3n) is 3.47. The van der Waals surface area contributed by atoms with Gasteiger partial charge in [0.05, 0.1) is 12.7 Å². The number of aliphatic hydroxyl groups is 2. The summed E-state index contributed by atoms with van der Waals surface area (Å²) in [6.45, 7) is 4.40. The standard InChI is InChI=1S/C12H22O5/c1-3-5-9-15-6-8-12(17-9)11(14)10(13)7(4-2)16-8/h7-14H,3-6H2,1-2H3/t7-,8?,9?,10?,11?,12+/m0/s1. The zero-order chi connectivity index (χ0) is 12.4. The fourth-order valence-corrected chi connectivity index (χ4v) is 2.46. The minimum Gasteiger partial charge on any atom is -0.388 e. The van der Waals surface area contributed by atoms with Crippen LogP contribution in [-0.2, 0) is 14.2 Å². The largest absolute Gasteiger partial charge is 0.388 e. The van der Waals surface area contributed by atoms with E-state index in [9.17, 15) is 10.2 Å². The van der Waals surface area contributed by atoms with Gasteiger partial charge < -0.3 is 24.4 Å². The van der Waals surface area contributed by atoms with Gasteiger partial charge in [-0.1, -0.05) is 20.3 Å². The predicted octanol–water partition coefficient (Wildman–Crippen LogP) is 0.427. The van der Waals surface area contributed by atoms with Crippen molar-refractivity contribution >= 4 is 0 Å². The van der Waals surface area contributed by atoms with Gasteiger partial charge in [-0.3, -0.25) is 0 Å². The molecule has 0 radical (unpaired) electrons. The normalized spacial score (nSPS) is 46.6. The summed E-state index contributed by atoms with van der Waals surface area (Å²) in [5.41, 5.74) is 0. The van der Waals surface area contributed by atoms with Crippen LogP contribution in [0.15, 0.2) is 0 Å². The first kappa shape index (κ1) is 13.2. The fourth-order valence-electron chi connectivity index (χ4n) is 2.46. The first-order valence-corrected chi connectivity index (χ1v) is 6.46. The lowest BCUT2D eigenvalue weighted by Gasteiger charge is -2.46. The SMILES string of the molecule is CCCC1OCC2O[C@@H](CC)C(O)C(O)[C@@H]2O1. The number of ether oxygens (including phenoxy) is 3. The molecule has 17 heavy (non-hydrogen) atoms. The Kier molecular flexibility index (Phi) is 4.38. The second-order valence-electron chi connectivity index (χ2n) is 4.75. The van der Waals surface area contributed by atoms with Crippen LogP contribution in [0.4, 0.5) is 0 Å². The quantitative estimate of drug-likeness (QED) is 0.755. The van der Waals surface area contributed by atoms with E-state index in [2.05, 4.69) is 6.92 Å². The van der Waals surface area contributed by atoms with Crippen LogP contribution >= 0.6 is 0 Å². The molecule has 2 fully saturated rings. The number of rotatable bonds is 3. The monoisotopic (exact) mass is 246 g/mol. The Hall–Kier alpha value is -0.200. The predicted molar refractivity (Wildman–Crippen MR) is 60.5 cm³/mol. The number of aliphatic hydroxyl groups excluding tert-OH is 2. The molecule has 0 aromatic rings. The third-order valence-corrected chi connectivity index (χ3v) is 3.47. The van der Waals surface area contributed by atoms with Gasteiger partial charge in [0.1, 0.15) is 24.4 Å². The summed E-state index contributed by atoms with van der Waals surface area (Å²) in [5.74, 6) is 0. The molecule has 2 aliphatic heterocycles. The number of hydrogen-bond acceptors (Lipinski definition) is 5. The van der Waals surface area contributed by atoms with Gasteiger partial charge in [-0.05, 0) is 12.8 Å². The Morgan fingerprint density at radius 1 is 1.12 bits per heavy atom. The second-order valence-corrected chi connectivity index (χ2v) is 4.75. The first-order valence-electron chi connectivity index (χ1n) is 6.46. The molecule has 2 heterocycles. The first-order chi connectivity index (χ1) is 8.17. The molecule has 5 heteroatoms. The van der Waals surface area contributed by atoms with Gasteiger partial charge in [0.2, 0.25) is 0 Å². The van der Waals surface area contributed by atoms with Crippen LogP contribution in [0.3, 0.4) is 0 Å². The van der Waals surface area contributed by atoms with Crippen molar-refractivity contribution < 1.29 is 24.4 Å². The lowest BCUT2D eigenvalue weighted by Crippen LogP contribution is -2.62. The van der Waals surface area contributed by atoms with Gasteiger partial charge in [-0.25, -0.2) is 0 Å². The molecule has 2 aliphatic rings. The Bertz CT molecular complexity index is 245. The summed E-state index contributed by atoms with van der Waals surface area (Å²) in [6.07, 6.45) is -0.707. The highest BCUT2D eigenvalue weighted by Crippen LogP contribution is 2.30. The molecule has 0 aliphatic carbocycles. The molecule has 2 rings (SSSR count). The van der Waals surface area contributed by atoms with Crippen LogP contribution < -0.4 is 0 Å². The average molecular weight is 246 g/mol. The van der Waals surface area contributed by atoms with Crippen molar-refractivity contribution in [1.29, 1.82) is 0 Å². The van der Waals surface area contributed by atoms with Crippen LogP contribution in [0, 0.1) is 0 Å². The third kappa shape index (κ3) is 2.63. The smallest absolute Gasteiger partial charge is 0.158 e. The van der Waals surface area contributed by atoms with E-state index in [0.717, 1.165) is 12.8 Å². The van der Waals surface area contributed by atoms with Crippen molar-refractivity contribution in [3.63, 3.8) is 0 Å². The van der Waals surface area contributed by atoms with E-state index in [0.29, 0.717) is 13.0 Å². The highest BCUT2D eigenvalue weighted by Gasteiger charge is 2.47. The molecule has 2 N–H and O–H groups in total. The van der Waals surface area contributed by atoms with E-state index in [1.807, 2.05) is 6.92 Å². The molecule has 4 unspecified atom stereocenters. The Labute approximate surface area is 102 Å². The lowest BCUT2D eigenvalue weighted by atomic mass is 9.93. The molecular weight excluding hydrogens is 224 g/mol.